The fourth-order valence-electron chi connectivity index (χ4n) is 5.01. The number of hydrogen-bond acceptors (Lipinski definition) is 3. The minimum atomic E-state index is -0.269. The lowest BCUT2D eigenvalue weighted by atomic mass is 10.0. The summed E-state index contributed by atoms with van der Waals surface area (Å²) in [6.07, 6.45) is 2.01. The van der Waals surface area contributed by atoms with Gasteiger partial charge in [-0.15, -0.1) is 0 Å². The van der Waals surface area contributed by atoms with Gasteiger partial charge in [-0.3, -0.25) is 9.69 Å². The monoisotopic (exact) mass is 508 g/mol. The lowest BCUT2D eigenvalue weighted by Crippen LogP contribution is -2.30. The highest BCUT2D eigenvalue weighted by Crippen LogP contribution is 2.38. The number of amides is 1. The van der Waals surface area contributed by atoms with Gasteiger partial charge < -0.3 is 10.1 Å². The first kappa shape index (κ1) is 24.3. The predicted octanol–water partition coefficient (Wildman–Crippen LogP) is 8.11. The Hall–Kier alpha value is -5.09. The summed E-state index contributed by atoms with van der Waals surface area (Å²) >= 11 is 0. The quantitative estimate of drug-likeness (QED) is 0.241. The molecule has 1 amide bonds. The van der Waals surface area contributed by atoms with Crippen LogP contribution in [-0.4, -0.2) is 13.0 Å². The number of anilines is 2. The molecule has 6 rings (SSSR count). The molecule has 4 heteroatoms. The Morgan fingerprint density at radius 3 is 1.87 bits per heavy atom. The molecule has 0 saturated heterocycles. The van der Waals surface area contributed by atoms with Gasteiger partial charge in [-0.05, 0) is 70.3 Å². The molecule has 0 unspecified atom stereocenters. The summed E-state index contributed by atoms with van der Waals surface area (Å²) in [5.74, 6) is 0.701. The topological polar surface area (TPSA) is 41.6 Å². The molecule has 0 bridgehead atoms. The van der Waals surface area contributed by atoms with Crippen LogP contribution in [-0.2, 0) is 4.79 Å². The highest BCUT2D eigenvalue weighted by atomic mass is 16.5. The van der Waals surface area contributed by atoms with E-state index < -0.39 is 0 Å². The van der Waals surface area contributed by atoms with Gasteiger partial charge in [-0.1, -0.05) is 97.1 Å². The van der Waals surface area contributed by atoms with E-state index in [1.807, 2.05) is 95.9 Å². The van der Waals surface area contributed by atoms with Crippen molar-refractivity contribution in [2.75, 3.05) is 17.3 Å². The number of carbonyl (C=O) groups is 1. The Morgan fingerprint density at radius 1 is 0.641 bits per heavy atom. The molecule has 0 saturated carbocycles. The first-order chi connectivity index (χ1) is 19.2. The van der Waals surface area contributed by atoms with Crippen LogP contribution >= 0.6 is 0 Å². The van der Waals surface area contributed by atoms with Crippen molar-refractivity contribution in [3.8, 4) is 28.0 Å². The standard InChI is InChI=1S/C35H28N2O2/c1-39-32-20-18-27(19-21-32)34-24-33(36-30-16-8-14-28(22-30)25-10-4-2-5-11-25)35(38)37(34)31-17-9-15-29(23-31)26-12-6-3-7-13-26/h2-24,34,36H,1H3/t34-/m0/s1. The van der Waals surface area contributed by atoms with Gasteiger partial charge >= 0.3 is 0 Å². The molecular formula is C35H28N2O2. The molecule has 1 atom stereocenters. The van der Waals surface area contributed by atoms with Gasteiger partial charge in [0, 0.05) is 11.4 Å². The van der Waals surface area contributed by atoms with Crippen LogP contribution in [0.2, 0.25) is 0 Å². The number of methoxy groups -OCH3 is 1. The van der Waals surface area contributed by atoms with Gasteiger partial charge in [0.1, 0.15) is 11.4 Å². The van der Waals surface area contributed by atoms with Gasteiger partial charge in [0.25, 0.3) is 5.91 Å². The minimum Gasteiger partial charge on any atom is -0.497 e. The third kappa shape index (κ3) is 5.05. The Morgan fingerprint density at radius 2 is 1.23 bits per heavy atom. The van der Waals surface area contributed by atoms with Crippen molar-refractivity contribution >= 4 is 17.3 Å². The van der Waals surface area contributed by atoms with E-state index in [9.17, 15) is 4.79 Å². The van der Waals surface area contributed by atoms with Crippen LogP contribution < -0.4 is 15.0 Å². The maximum Gasteiger partial charge on any atom is 0.275 e. The summed E-state index contributed by atoms with van der Waals surface area (Å²) in [6.45, 7) is 0. The van der Waals surface area contributed by atoms with E-state index in [1.54, 1.807) is 7.11 Å². The average molecular weight is 509 g/mol. The van der Waals surface area contributed by atoms with Crippen LogP contribution in [0.4, 0.5) is 11.4 Å². The van der Waals surface area contributed by atoms with Crippen LogP contribution in [0.15, 0.2) is 145 Å². The molecule has 0 aliphatic carbocycles. The van der Waals surface area contributed by atoms with E-state index in [0.717, 1.165) is 44.9 Å². The zero-order chi connectivity index (χ0) is 26.6. The minimum absolute atomic E-state index is 0.0776. The second kappa shape index (κ2) is 10.7. The number of rotatable bonds is 7. The Balaban J connectivity index is 1.37. The van der Waals surface area contributed by atoms with Gasteiger partial charge in [0.2, 0.25) is 0 Å². The second-order valence-electron chi connectivity index (χ2n) is 9.46. The van der Waals surface area contributed by atoms with E-state index >= 15 is 0 Å². The van der Waals surface area contributed by atoms with E-state index in [2.05, 4.69) is 53.8 Å². The normalized spacial score (nSPS) is 14.7. The average Bonchev–Trinajstić information content (AvgIpc) is 3.33. The van der Waals surface area contributed by atoms with Crippen molar-refractivity contribution in [3.05, 3.63) is 151 Å². The highest BCUT2D eigenvalue weighted by Gasteiger charge is 2.35. The molecule has 1 aliphatic heterocycles. The number of benzene rings is 5. The molecule has 0 radical (unpaired) electrons. The molecule has 1 heterocycles. The van der Waals surface area contributed by atoms with Crippen molar-refractivity contribution in [2.24, 2.45) is 0 Å². The molecule has 1 aliphatic rings. The molecule has 0 spiro atoms. The molecule has 0 fully saturated rings. The SMILES string of the molecule is COc1ccc([C@@H]2C=C(Nc3cccc(-c4ccccc4)c3)C(=O)N2c2cccc(-c3ccccc3)c2)cc1. The van der Waals surface area contributed by atoms with E-state index in [-0.39, 0.29) is 11.9 Å². The zero-order valence-corrected chi connectivity index (χ0v) is 21.6. The third-order valence-corrected chi connectivity index (χ3v) is 6.99. The smallest absolute Gasteiger partial charge is 0.275 e. The summed E-state index contributed by atoms with van der Waals surface area (Å²) in [6, 6.07) is 44.4. The fraction of sp³-hybridized carbons (Fsp3) is 0.0571. The Kier molecular flexibility index (Phi) is 6.67. The summed E-state index contributed by atoms with van der Waals surface area (Å²) < 4.78 is 5.37. The van der Waals surface area contributed by atoms with Gasteiger partial charge in [0.05, 0.1) is 13.2 Å². The number of hydrogen-bond donors (Lipinski definition) is 1. The van der Waals surface area contributed by atoms with Gasteiger partial charge in [-0.25, -0.2) is 0 Å². The largest absolute Gasteiger partial charge is 0.497 e. The lowest BCUT2D eigenvalue weighted by molar-refractivity contribution is -0.114. The zero-order valence-electron chi connectivity index (χ0n) is 21.6. The summed E-state index contributed by atoms with van der Waals surface area (Å²) in [5, 5.41) is 3.41. The molecule has 4 nitrogen and oxygen atoms in total. The Labute approximate surface area is 228 Å². The first-order valence-electron chi connectivity index (χ1n) is 13.0. The molecule has 5 aromatic carbocycles. The van der Waals surface area contributed by atoms with Crippen LogP contribution in [0, 0.1) is 0 Å². The fourth-order valence-corrected chi connectivity index (χ4v) is 5.01. The van der Waals surface area contributed by atoms with Crippen LogP contribution in [0.25, 0.3) is 22.3 Å². The summed E-state index contributed by atoms with van der Waals surface area (Å²) in [4.78, 5) is 15.8. The first-order valence-corrected chi connectivity index (χ1v) is 13.0. The molecule has 190 valence electrons. The number of nitrogens with one attached hydrogen (secondary N) is 1. The molecular weight excluding hydrogens is 480 g/mol. The van der Waals surface area contributed by atoms with E-state index in [4.69, 9.17) is 4.74 Å². The van der Waals surface area contributed by atoms with Crippen LogP contribution in [0.3, 0.4) is 0 Å². The Bertz CT molecular complexity index is 1630. The van der Waals surface area contributed by atoms with Gasteiger partial charge in [-0.2, -0.15) is 0 Å². The van der Waals surface area contributed by atoms with Crippen molar-refractivity contribution < 1.29 is 9.53 Å². The lowest BCUT2D eigenvalue weighted by Gasteiger charge is -2.26. The molecule has 1 N–H and O–H groups in total. The van der Waals surface area contributed by atoms with Crippen molar-refractivity contribution in [3.63, 3.8) is 0 Å². The molecule has 0 aromatic heterocycles. The second-order valence-corrected chi connectivity index (χ2v) is 9.46. The number of ether oxygens (including phenoxy) is 1. The van der Waals surface area contributed by atoms with Crippen molar-refractivity contribution in [1.82, 2.24) is 0 Å². The maximum absolute atomic E-state index is 14.0. The van der Waals surface area contributed by atoms with E-state index in [1.165, 1.54) is 0 Å². The number of carbonyl (C=O) groups excluding carboxylic acids is 1. The summed E-state index contributed by atoms with van der Waals surface area (Å²) in [5.41, 5.74) is 7.64. The molecule has 39 heavy (non-hydrogen) atoms. The molecule has 5 aromatic rings. The van der Waals surface area contributed by atoms with Crippen molar-refractivity contribution in [2.45, 2.75) is 6.04 Å². The van der Waals surface area contributed by atoms with Crippen molar-refractivity contribution in [1.29, 1.82) is 0 Å². The van der Waals surface area contributed by atoms with Crippen LogP contribution in [0.5, 0.6) is 5.75 Å². The highest BCUT2D eigenvalue weighted by molar-refractivity contribution is 6.11. The van der Waals surface area contributed by atoms with Crippen LogP contribution in [0.1, 0.15) is 11.6 Å². The maximum atomic E-state index is 14.0. The van der Waals surface area contributed by atoms with Gasteiger partial charge in [0.15, 0.2) is 0 Å². The number of nitrogens with zero attached hydrogens (tertiary/aromatic N) is 1. The third-order valence-electron chi connectivity index (χ3n) is 6.99. The summed E-state index contributed by atoms with van der Waals surface area (Å²) in [7, 11) is 1.65. The predicted molar refractivity (Wildman–Crippen MR) is 159 cm³/mol. The van der Waals surface area contributed by atoms with E-state index in [0.29, 0.717) is 5.70 Å².